The lowest BCUT2D eigenvalue weighted by Gasteiger charge is -2.36. The molecule has 1 nitrogen and oxygen atoms in total. The first-order chi connectivity index (χ1) is 12.5. The van der Waals surface area contributed by atoms with Crippen molar-refractivity contribution >= 4 is 5.69 Å². The summed E-state index contributed by atoms with van der Waals surface area (Å²) in [5, 5.41) is 0. The summed E-state index contributed by atoms with van der Waals surface area (Å²) in [6.07, 6.45) is 0. The van der Waals surface area contributed by atoms with Gasteiger partial charge >= 0.3 is 0 Å². The van der Waals surface area contributed by atoms with Crippen molar-refractivity contribution in [1.29, 1.82) is 0 Å². The Morgan fingerprint density at radius 2 is 1.15 bits per heavy atom. The normalized spacial score (nSPS) is 11.0. The van der Waals surface area contributed by atoms with Gasteiger partial charge in [0.05, 0.1) is 6.04 Å². The molecular formula is C25H29N. The first-order valence-electron chi connectivity index (χ1n) is 9.48. The molecule has 0 aliphatic carbocycles. The van der Waals surface area contributed by atoms with Crippen LogP contribution in [-0.2, 0) is 0 Å². The van der Waals surface area contributed by atoms with Gasteiger partial charge in [-0.25, -0.2) is 0 Å². The predicted octanol–water partition coefficient (Wildman–Crippen LogP) is 6.54. The minimum Gasteiger partial charge on any atom is -0.361 e. The number of benzene rings is 3. The molecule has 0 bridgehead atoms. The van der Waals surface area contributed by atoms with Gasteiger partial charge < -0.3 is 4.90 Å². The van der Waals surface area contributed by atoms with E-state index >= 15 is 0 Å². The van der Waals surface area contributed by atoms with Crippen molar-refractivity contribution < 1.29 is 0 Å². The van der Waals surface area contributed by atoms with Crippen LogP contribution in [0.4, 0.5) is 5.69 Å². The summed E-state index contributed by atoms with van der Waals surface area (Å²) in [5.41, 5.74) is 9.51. The molecule has 134 valence electrons. The van der Waals surface area contributed by atoms with Crippen LogP contribution in [0.5, 0.6) is 0 Å². The highest BCUT2D eigenvalue weighted by molar-refractivity contribution is 5.56. The van der Waals surface area contributed by atoms with E-state index in [1.165, 1.54) is 39.1 Å². The fraction of sp³-hybridized carbons (Fsp3) is 0.280. The van der Waals surface area contributed by atoms with Gasteiger partial charge in [0.2, 0.25) is 0 Å². The predicted molar refractivity (Wildman–Crippen MR) is 113 cm³/mol. The van der Waals surface area contributed by atoms with Gasteiger partial charge in [0.1, 0.15) is 0 Å². The maximum Gasteiger partial charge on any atom is 0.0801 e. The van der Waals surface area contributed by atoms with E-state index in [1.54, 1.807) is 0 Å². The molecule has 1 heteroatoms. The van der Waals surface area contributed by atoms with E-state index in [1.807, 2.05) is 0 Å². The van der Waals surface area contributed by atoms with Crippen LogP contribution >= 0.6 is 0 Å². The van der Waals surface area contributed by atoms with Crippen LogP contribution in [-0.4, -0.2) is 6.54 Å². The second kappa shape index (κ2) is 7.78. The third-order valence-corrected chi connectivity index (χ3v) is 5.62. The van der Waals surface area contributed by atoms with Gasteiger partial charge in [-0.05, 0) is 80.1 Å². The lowest BCUT2D eigenvalue weighted by Crippen LogP contribution is -2.30. The Balaban J connectivity index is 2.25. The molecule has 3 aromatic rings. The topological polar surface area (TPSA) is 3.24 Å². The summed E-state index contributed by atoms with van der Waals surface area (Å²) in [6, 6.07) is 24.4. The monoisotopic (exact) mass is 343 g/mol. The maximum absolute atomic E-state index is 2.52. The van der Waals surface area contributed by atoms with E-state index in [2.05, 4.69) is 106 Å². The quantitative estimate of drug-likeness (QED) is 0.508. The number of hydrogen-bond acceptors (Lipinski definition) is 1. The SMILES string of the molecule is CCN(c1ccccc1)C(c1cccc(C)c1C)c1cccc(C)c1C. The average molecular weight is 344 g/mol. The first-order valence-corrected chi connectivity index (χ1v) is 9.48. The van der Waals surface area contributed by atoms with Crippen LogP contribution in [0.3, 0.4) is 0 Å². The number of nitrogens with zero attached hydrogens (tertiary/aromatic N) is 1. The summed E-state index contributed by atoms with van der Waals surface area (Å²) in [7, 11) is 0. The highest BCUT2D eigenvalue weighted by atomic mass is 15.2. The molecule has 0 saturated heterocycles. The lowest BCUT2D eigenvalue weighted by molar-refractivity contribution is 0.716. The Morgan fingerprint density at radius 1 is 0.654 bits per heavy atom. The minimum absolute atomic E-state index is 0.210. The molecule has 0 aliphatic rings. The Labute approximate surface area is 158 Å². The number of aryl methyl sites for hydroxylation is 2. The zero-order valence-corrected chi connectivity index (χ0v) is 16.6. The van der Waals surface area contributed by atoms with Crippen molar-refractivity contribution in [2.45, 2.75) is 40.7 Å². The van der Waals surface area contributed by atoms with Gasteiger partial charge in [-0.3, -0.25) is 0 Å². The molecule has 0 spiro atoms. The number of para-hydroxylation sites is 1. The van der Waals surface area contributed by atoms with Gasteiger partial charge in [0, 0.05) is 12.2 Å². The molecule has 0 aromatic heterocycles. The highest BCUT2D eigenvalue weighted by Gasteiger charge is 2.25. The molecule has 26 heavy (non-hydrogen) atoms. The van der Waals surface area contributed by atoms with Crippen molar-refractivity contribution in [1.82, 2.24) is 0 Å². The van der Waals surface area contributed by atoms with Gasteiger partial charge in [0.15, 0.2) is 0 Å². The molecule has 3 rings (SSSR count). The summed E-state index contributed by atoms with van der Waals surface area (Å²) < 4.78 is 0. The lowest BCUT2D eigenvalue weighted by atomic mass is 9.87. The Kier molecular flexibility index (Phi) is 5.46. The molecular weight excluding hydrogens is 314 g/mol. The van der Waals surface area contributed by atoms with Crippen molar-refractivity contribution in [2.75, 3.05) is 11.4 Å². The zero-order valence-electron chi connectivity index (χ0n) is 16.6. The fourth-order valence-electron chi connectivity index (χ4n) is 3.78. The smallest absolute Gasteiger partial charge is 0.0801 e. The van der Waals surface area contributed by atoms with Crippen LogP contribution in [0.15, 0.2) is 66.7 Å². The van der Waals surface area contributed by atoms with Crippen LogP contribution < -0.4 is 4.90 Å². The van der Waals surface area contributed by atoms with E-state index in [0.717, 1.165) is 6.54 Å². The largest absolute Gasteiger partial charge is 0.361 e. The average Bonchev–Trinajstić information content (AvgIpc) is 2.66. The maximum atomic E-state index is 2.52. The van der Waals surface area contributed by atoms with Crippen molar-refractivity contribution in [2.24, 2.45) is 0 Å². The summed E-state index contributed by atoms with van der Waals surface area (Å²) >= 11 is 0. The third kappa shape index (κ3) is 3.39. The first kappa shape index (κ1) is 18.3. The second-order valence-corrected chi connectivity index (χ2v) is 7.10. The highest BCUT2D eigenvalue weighted by Crippen LogP contribution is 2.37. The Hall–Kier alpha value is -2.54. The molecule has 0 N–H and O–H groups in total. The van der Waals surface area contributed by atoms with Gasteiger partial charge in [-0.1, -0.05) is 54.6 Å². The molecule has 0 amide bonds. The minimum atomic E-state index is 0.210. The molecule has 0 aliphatic heterocycles. The molecule has 3 aromatic carbocycles. The molecule has 0 saturated carbocycles. The number of anilines is 1. The van der Waals surface area contributed by atoms with Crippen LogP contribution in [0.1, 0.15) is 46.3 Å². The van der Waals surface area contributed by atoms with E-state index < -0.39 is 0 Å². The van der Waals surface area contributed by atoms with E-state index in [9.17, 15) is 0 Å². The zero-order chi connectivity index (χ0) is 18.7. The van der Waals surface area contributed by atoms with E-state index in [4.69, 9.17) is 0 Å². The van der Waals surface area contributed by atoms with E-state index in [0.29, 0.717) is 0 Å². The third-order valence-electron chi connectivity index (χ3n) is 5.62. The van der Waals surface area contributed by atoms with Gasteiger partial charge in [0.25, 0.3) is 0 Å². The van der Waals surface area contributed by atoms with Crippen molar-refractivity contribution in [3.05, 3.63) is 100 Å². The Bertz CT molecular complexity index is 828. The molecule has 0 atom stereocenters. The summed E-state index contributed by atoms with van der Waals surface area (Å²) in [5.74, 6) is 0. The fourth-order valence-corrected chi connectivity index (χ4v) is 3.78. The number of hydrogen-bond donors (Lipinski definition) is 0. The molecule has 0 radical (unpaired) electrons. The second-order valence-electron chi connectivity index (χ2n) is 7.10. The van der Waals surface area contributed by atoms with Crippen molar-refractivity contribution in [3.8, 4) is 0 Å². The molecule has 0 heterocycles. The number of rotatable bonds is 5. The van der Waals surface area contributed by atoms with Gasteiger partial charge in [-0.15, -0.1) is 0 Å². The van der Waals surface area contributed by atoms with Crippen LogP contribution in [0.2, 0.25) is 0 Å². The standard InChI is InChI=1S/C25H29N/c1-6-26(22-14-8-7-9-15-22)25(23-16-10-12-18(2)20(23)4)24-17-11-13-19(3)21(24)5/h7-17,25H,6H2,1-5H3. The Morgan fingerprint density at radius 3 is 1.62 bits per heavy atom. The van der Waals surface area contributed by atoms with Gasteiger partial charge in [-0.2, -0.15) is 0 Å². The van der Waals surface area contributed by atoms with E-state index in [-0.39, 0.29) is 6.04 Å². The van der Waals surface area contributed by atoms with Crippen LogP contribution in [0, 0.1) is 27.7 Å². The summed E-state index contributed by atoms with van der Waals surface area (Å²) in [4.78, 5) is 2.52. The summed E-state index contributed by atoms with van der Waals surface area (Å²) in [6.45, 7) is 12.1. The molecule has 0 unspecified atom stereocenters. The molecule has 0 fully saturated rings. The van der Waals surface area contributed by atoms with Crippen LogP contribution in [0.25, 0.3) is 0 Å². The van der Waals surface area contributed by atoms with Crippen molar-refractivity contribution in [3.63, 3.8) is 0 Å².